The van der Waals surface area contributed by atoms with Gasteiger partial charge in [-0.05, 0) is 65.1 Å². The van der Waals surface area contributed by atoms with Crippen molar-refractivity contribution in [2.75, 3.05) is 0 Å². The van der Waals surface area contributed by atoms with Crippen LogP contribution in [0.3, 0.4) is 0 Å². The predicted molar refractivity (Wildman–Crippen MR) is 85.9 cm³/mol. The van der Waals surface area contributed by atoms with Crippen molar-refractivity contribution >= 4 is 33.9 Å². The molecular weight excluding hydrogens is 349 g/mol. The topological polar surface area (TPSA) is 29.1 Å². The molecule has 0 spiro atoms. The Balaban J connectivity index is 2.07. The highest BCUT2D eigenvalue weighted by molar-refractivity contribution is 14.1. The summed E-state index contributed by atoms with van der Waals surface area (Å²) >= 11 is 2.32. The van der Waals surface area contributed by atoms with E-state index in [0.29, 0.717) is 24.3 Å². The zero-order valence-electron chi connectivity index (χ0n) is 11.1. The summed E-state index contributed by atoms with van der Waals surface area (Å²) in [5, 5.41) is 3.59. The van der Waals surface area contributed by atoms with Crippen molar-refractivity contribution in [1.82, 2.24) is 5.32 Å². The van der Waals surface area contributed by atoms with E-state index < -0.39 is 0 Å². The Morgan fingerprint density at radius 1 is 1.32 bits per heavy atom. The maximum atomic E-state index is 12.3. The van der Waals surface area contributed by atoms with Gasteiger partial charge >= 0.3 is 0 Å². The highest BCUT2D eigenvalue weighted by Gasteiger charge is 2.36. The Morgan fingerprint density at radius 3 is 2.74 bits per heavy atom. The standard InChI is InChI=1S/C16H18INO/c1-2-15(19)16-13(9-12-7-8-14(16)18-12)10-3-5-11(17)6-4-10/h3-6,12,14,18H,2,7-9H2,1H3. The molecule has 2 unspecified atom stereocenters. The van der Waals surface area contributed by atoms with E-state index >= 15 is 0 Å². The van der Waals surface area contributed by atoms with Crippen molar-refractivity contribution in [3.05, 3.63) is 39.0 Å². The minimum atomic E-state index is 0.292. The molecule has 3 heteroatoms. The van der Waals surface area contributed by atoms with Gasteiger partial charge in [0.1, 0.15) is 0 Å². The molecule has 0 amide bonds. The molecular formula is C16H18INO. The lowest BCUT2D eigenvalue weighted by molar-refractivity contribution is -0.115. The lowest BCUT2D eigenvalue weighted by Crippen LogP contribution is -2.38. The fourth-order valence-corrected chi connectivity index (χ4v) is 3.61. The van der Waals surface area contributed by atoms with Gasteiger partial charge in [-0.3, -0.25) is 4.79 Å². The second-order valence-electron chi connectivity index (χ2n) is 5.37. The van der Waals surface area contributed by atoms with Crippen LogP contribution in [-0.4, -0.2) is 17.9 Å². The van der Waals surface area contributed by atoms with Crippen molar-refractivity contribution in [2.24, 2.45) is 0 Å². The van der Waals surface area contributed by atoms with Crippen LogP contribution in [0.15, 0.2) is 29.8 Å². The third-order valence-corrected chi connectivity index (χ3v) is 4.90. The fourth-order valence-electron chi connectivity index (χ4n) is 3.25. The van der Waals surface area contributed by atoms with Crippen molar-refractivity contribution in [3.63, 3.8) is 0 Å². The molecule has 100 valence electrons. The highest BCUT2D eigenvalue weighted by atomic mass is 127. The van der Waals surface area contributed by atoms with Crippen LogP contribution in [0.25, 0.3) is 5.57 Å². The second-order valence-corrected chi connectivity index (χ2v) is 6.62. The molecule has 19 heavy (non-hydrogen) atoms. The van der Waals surface area contributed by atoms with Crippen molar-refractivity contribution < 1.29 is 4.79 Å². The molecule has 1 N–H and O–H groups in total. The van der Waals surface area contributed by atoms with Gasteiger partial charge < -0.3 is 5.32 Å². The lowest BCUT2D eigenvalue weighted by atomic mass is 9.87. The van der Waals surface area contributed by atoms with E-state index in [0.717, 1.165) is 18.4 Å². The summed E-state index contributed by atoms with van der Waals surface area (Å²) in [6.07, 6.45) is 3.91. The van der Waals surface area contributed by atoms with Gasteiger partial charge in [-0.2, -0.15) is 0 Å². The summed E-state index contributed by atoms with van der Waals surface area (Å²) in [5.74, 6) is 0.311. The Morgan fingerprint density at radius 2 is 2.05 bits per heavy atom. The maximum absolute atomic E-state index is 12.3. The third kappa shape index (κ3) is 2.50. The number of nitrogens with one attached hydrogen (secondary N) is 1. The van der Waals surface area contributed by atoms with E-state index in [2.05, 4.69) is 52.2 Å². The number of rotatable bonds is 3. The summed E-state index contributed by atoms with van der Waals surface area (Å²) in [4.78, 5) is 12.3. The van der Waals surface area contributed by atoms with E-state index in [4.69, 9.17) is 0 Å². The average molecular weight is 367 g/mol. The van der Waals surface area contributed by atoms with Gasteiger partial charge in [-0.25, -0.2) is 0 Å². The van der Waals surface area contributed by atoms with Gasteiger partial charge in [-0.15, -0.1) is 0 Å². The Hall–Kier alpha value is -0.680. The molecule has 2 aliphatic heterocycles. The van der Waals surface area contributed by atoms with Crippen LogP contribution in [0, 0.1) is 3.57 Å². The van der Waals surface area contributed by atoms with Crippen LogP contribution >= 0.6 is 22.6 Å². The summed E-state index contributed by atoms with van der Waals surface area (Å²) in [5.41, 5.74) is 3.57. The maximum Gasteiger partial charge on any atom is 0.160 e. The fraction of sp³-hybridized carbons (Fsp3) is 0.438. The Labute approximate surface area is 127 Å². The molecule has 2 heterocycles. The number of benzene rings is 1. The Bertz CT molecular complexity index is 532. The molecule has 2 bridgehead atoms. The first kappa shape index (κ1) is 13.3. The zero-order valence-corrected chi connectivity index (χ0v) is 13.2. The molecule has 0 saturated carbocycles. The van der Waals surface area contributed by atoms with E-state index in [1.54, 1.807) is 0 Å². The Kier molecular flexibility index (Phi) is 3.76. The average Bonchev–Trinajstić information content (AvgIpc) is 2.80. The van der Waals surface area contributed by atoms with Gasteiger partial charge in [0.05, 0.1) is 0 Å². The van der Waals surface area contributed by atoms with Crippen LogP contribution in [0.1, 0.15) is 38.2 Å². The molecule has 1 aromatic rings. The van der Waals surface area contributed by atoms with Crippen LogP contribution < -0.4 is 5.32 Å². The van der Waals surface area contributed by atoms with Crippen molar-refractivity contribution in [1.29, 1.82) is 0 Å². The van der Waals surface area contributed by atoms with Gasteiger partial charge in [-0.1, -0.05) is 19.1 Å². The van der Waals surface area contributed by atoms with E-state index in [1.165, 1.54) is 21.1 Å². The number of hydrogen-bond donors (Lipinski definition) is 1. The molecule has 3 rings (SSSR count). The molecule has 0 aliphatic carbocycles. The largest absolute Gasteiger partial charge is 0.307 e. The molecule has 1 fully saturated rings. The van der Waals surface area contributed by atoms with Gasteiger partial charge in [0.15, 0.2) is 5.78 Å². The SMILES string of the molecule is CCC(=O)C1=C(c2ccc(I)cc2)CC2CCC1N2. The zero-order chi connectivity index (χ0) is 13.4. The smallest absolute Gasteiger partial charge is 0.160 e. The second kappa shape index (κ2) is 5.37. The first-order valence-corrected chi connectivity index (χ1v) is 8.05. The molecule has 2 aliphatic rings. The molecule has 0 aromatic heterocycles. The number of ketones is 1. The quantitative estimate of drug-likeness (QED) is 0.828. The molecule has 2 atom stereocenters. The van der Waals surface area contributed by atoms with Crippen LogP contribution in [0.4, 0.5) is 0 Å². The molecule has 0 radical (unpaired) electrons. The van der Waals surface area contributed by atoms with E-state index in [-0.39, 0.29) is 0 Å². The molecule has 1 saturated heterocycles. The van der Waals surface area contributed by atoms with E-state index in [1.807, 2.05) is 6.92 Å². The summed E-state index contributed by atoms with van der Waals surface area (Å²) in [6, 6.07) is 9.42. The van der Waals surface area contributed by atoms with Crippen LogP contribution in [-0.2, 0) is 4.79 Å². The number of hydrogen-bond acceptors (Lipinski definition) is 2. The summed E-state index contributed by atoms with van der Waals surface area (Å²) < 4.78 is 1.24. The third-order valence-electron chi connectivity index (χ3n) is 4.18. The predicted octanol–water partition coefficient (Wildman–Crippen LogP) is 3.55. The van der Waals surface area contributed by atoms with Gasteiger partial charge in [0, 0.05) is 27.6 Å². The minimum Gasteiger partial charge on any atom is -0.307 e. The van der Waals surface area contributed by atoms with Gasteiger partial charge in [0.25, 0.3) is 0 Å². The van der Waals surface area contributed by atoms with Gasteiger partial charge in [0.2, 0.25) is 0 Å². The molecule has 1 aromatic carbocycles. The lowest BCUT2D eigenvalue weighted by Gasteiger charge is -2.27. The monoisotopic (exact) mass is 367 g/mol. The van der Waals surface area contributed by atoms with Crippen LogP contribution in [0.2, 0.25) is 0 Å². The summed E-state index contributed by atoms with van der Waals surface area (Å²) in [7, 11) is 0. The molecule has 2 nitrogen and oxygen atoms in total. The first-order valence-electron chi connectivity index (χ1n) is 6.97. The van der Waals surface area contributed by atoms with Crippen molar-refractivity contribution in [2.45, 2.75) is 44.7 Å². The van der Waals surface area contributed by atoms with Crippen molar-refractivity contribution in [3.8, 4) is 0 Å². The number of carbonyl (C=O) groups is 1. The number of carbonyl (C=O) groups excluding carboxylic acids is 1. The number of Topliss-reactive ketones (excluding diaryl/α,β-unsaturated/α-hetero) is 1. The first-order chi connectivity index (χ1) is 9.19. The normalized spacial score (nSPS) is 25.8. The highest BCUT2D eigenvalue weighted by Crippen LogP contribution is 2.37. The van der Waals surface area contributed by atoms with Crippen LogP contribution in [0.5, 0.6) is 0 Å². The number of halogens is 1. The number of fused-ring (bicyclic) bond motifs is 2. The van der Waals surface area contributed by atoms with E-state index in [9.17, 15) is 4.79 Å². The summed E-state index contributed by atoms with van der Waals surface area (Å²) in [6.45, 7) is 1.96. The minimum absolute atomic E-state index is 0.292.